The zero-order valence-corrected chi connectivity index (χ0v) is 10.6. The Labute approximate surface area is 102 Å². The fourth-order valence-corrected chi connectivity index (χ4v) is 3.74. The van der Waals surface area contributed by atoms with Gasteiger partial charge < -0.3 is 10.4 Å². The van der Waals surface area contributed by atoms with Gasteiger partial charge in [-0.25, -0.2) is 4.98 Å². The average Bonchev–Trinajstić information content (AvgIpc) is 2.97. The molecule has 0 amide bonds. The number of hydrogen-bond acceptors (Lipinski definition) is 5. The molecule has 2 rings (SSSR count). The third-order valence-corrected chi connectivity index (χ3v) is 5.09. The van der Waals surface area contributed by atoms with E-state index in [1.165, 1.54) is 11.8 Å². The number of aliphatic carboxylic acids is 1. The molecule has 6 heteroatoms. The third kappa shape index (κ3) is 2.23. The highest BCUT2D eigenvalue weighted by atomic mass is 32.2. The van der Waals surface area contributed by atoms with Gasteiger partial charge in [-0.2, -0.15) is 0 Å². The van der Waals surface area contributed by atoms with Crippen LogP contribution >= 0.6 is 23.1 Å². The summed E-state index contributed by atoms with van der Waals surface area (Å²) in [5.74, 6) is 0.0563. The standard InChI is InChI=1S/C10H14N2O2S2/c1-11-10(8(13)14,7-2-3-7)6-16-9-12-4-5-15-9/h4-5,7,11H,2-3,6H2,1H3,(H,13,14). The van der Waals surface area contributed by atoms with Crippen LogP contribution in [0.5, 0.6) is 0 Å². The lowest BCUT2D eigenvalue weighted by atomic mass is 9.96. The molecule has 1 aromatic heterocycles. The second-order valence-corrected chi connectivity index (χ2v) is 6.00. The Kier molecular flexibility index (Phi) is 3.51. The maximum Gasteiger partial charge on any atom is 0.325 e. The first-order chi connectivity index (χ1) is 7.69. The lowest BCUT2D eigenvalue weighted by Crippen LogP contribution is -2.54. The van der Waals surface area contributed by atoms with Gasteiger partial charge in [0.05, 0.1) is 0 Å². The molecule has 16 heavy (non-hydrogen) atoms. The molecule has 1 aliphatic carbocycles. The molecule has 1 fully saturated rings. The second kappa shape index (κ2) is 4.73. The summed E-state index contributed by atoms with van der Waals surface area (Å²) in [4.78, 5) is 15.6. The van der Waals surface area contributed by atoms with Crippen LogP contribution in [0.25, 0.3) is 0 Å². The van der Waals surface area contributed by atoms with E-state index < -0.39 is 11.5 Å². The molecule has 1 unspecified atom stereocenters. The Balaban J connectivity index is 2.04. The zero-order valence-electron chi connectivity index (χ0n) is 8.97. The van der Waals surface area contributed by atoms with Gasteiger partial charge in [0, 0.05) is 17.3 Å². The van der Waals surface area contributed by atoms with Crippen LogP contribution in [0.1, 0.15) is 12.8 Å². The Bertz CT molecular complexity index is 365. The fourth-order valence-electron chi connectivity index (χ4n) is 1.77. The Morgan fingerprint density at radius 3 is 3.00 bits per heavy atom. The molecule has 1 aliphatic rings. The van der Waals surface area contributed by atoms with Crippen molar-refractivity contribution >= 4 is 29.1 Å². The van der Waals surface area contributed by atoms with E-state index in [-0.39, 0.29) is 5.92 Å². The van der Waals surface area contributed by atoms with Crippen LogP contribution in [0.3, 0.4) is 0 Å². The summed E-state index contributed by atoms with van der Waals surface area (Å²) >= 11 is 3.07. The summed E-state index contributed by atoms with van der Waals surface area (Å²) in [5.41, 5.74) is -0.781. The molecular formula is C10H14N2O2S2. The topological polar surface area (TPSA) is 62.2 Å². The summed E-state index contributed by atoms with van der Waals surface area (Å²) in [6, 6.07) is 0. The average molecular weight is 258 g/mol. The van der Waals surface area contributed by atoms with Gasteiger partial charge >= 0.3 is 5.97 Å². The lowest BCUT2D eigenvalue weighted by molar-refractivity contribution is -0.144. The number of aromatic nitrogens is 1. The number of nitrogens with zero attached hydrogens (tertiary/aromatic N) is 1. The van der Waals surface area contributed by atoms with Gasteiger partial charge in [-0.05, 0) is 25.8 Å². The van der Waals surface area contributed by atoms with Crippen molar-refractivity contribution in [1.29, 1.82) is 0 Å². The van der Waals surface area contributed by atoms with Crippen LogP contribution in [0, 0.1) is 5.92 Å². The Hall–Kier alpha value is -0.590. The molecule has 0 aliphatic heterocycles. The van der Waals surface area contributed by atoms with E-state index in [0.29, 0.717) is 5.75 Å². The van der Waals surface area contributed by atoms with Crippen LogP contribution in [0.2, 0.25) is 0 Å². The Morgan fingerprint density at radius 2 is 2.56 bits per heavy atom. The van der Waals surface area contributed by atoms with Crippen molar-refractivity contribution in [3.05, 3.63) is 11.6 Å². The van der Waals surface area contributed by atoms with Crippen molar-refractivity contribution in [2.75, 3.05) is 12.8 Å². The van der Waals surface area contributed by atoms with Gasteiger partial charge in [-0.1, -0.05) is 11.8 Å². The van der Waals surface area contributed by atoms with Crippen molar-refractivity contribution in [3.8, 4) is 0 Å². The van der Waals surface area contributed by atoms with Gasteiger partial charge in [0.25, 0.3) is 0 Å². The molecule has 0 bridgehead atoms. The molecule has 2 N–H and O–H groups in total. The van der Waals surface area contributed by atoms with Crippen LogP contribution in [-0.2, 0) is 4.79 Å². The number of thioether (sulfide) groups is 1. The summed E-state index contributed by atoms with van der Waals surface area (Å²) in [6.45, 7) is 0. The molecule has 1 atom stereocenters. The monoisotopic (exact) mass is 258 g/mol. The van der Waals surface area contributed by atoms with Crippen molar-refractivity contribution in [1.82, 2.24) is 10.3 Å². The van der Waals surface area contributed by atoms with Crippen molar-refractivity contribution < 1.29 is 9.90 Å². The quantitative estimate of drug-likeness (QED) is 0.760. The predicted octanol–water partition coefficient (Wildman–Crippen LogP) is 1.69. The molecule has 1 aromatic rings. The van der Waals surface area contributed by atoms with Crippen LogP contribution in [0.4, 0.5) is 0 Å². The summed E-state index contributed by atoms with van der Waals surface area (Å²) in [7, 11) is 1.73. The molecule has 0 spiro atoms. The number of hydrogen-bond donors (Lipinski definition) is 2. The van der Waals surface area contributed by atoms with E-state index in [1.54, 1.807) is 24.6 Å². The minimum atomic E-state index is -0.781. The highest BCUT2D eigenvalue weighted by Gasteiger charge is 2.50. The number of thiazole rings is 1. The van der Waals surface area contributed by atoms with Gasteiger partial charge in [-0.15, -0.1) is 11.3 Å². The van der Waals surface area contributed by atoms with Gasteiger partial charge in [-0.3, -0.25) is 4.79 Å². The summed E-state index contributed by atoms with van der Waals surface area (Å²) in [6.07, 6.45) is 3.75. The maximum absolute atomic E-state index is 11.4. The number of likely N-dealkylation sites (N-methyl/N-ethyl adjacent to an activating group) is 1. The first-order valence-electron chi connectivity index (χ1n) is 5.13. The van der Waals surface area contributed by atoms with Crippen LogP contribution in [-0.4, -0.2) is 34.4 Å². The summed E-state index contributed by atoms with van der Waals surface area (Å²) < 4.78 is 0.932. The first-order valence-corrected chi connectivity index (χ1v) is 7.00. The molecule has 88 valence electrons. The molecule has 0 radical (unpaired) electrons. The third-order valence-electron chi connectivity index (χ3n) is 2.93. The van der Waals surface area contributed by atoms with E-state index in [0.717, 1.165) is 17.2 Å². The smallest absolute Gasteiger partial charge is 0.325 e. The predicted molar refractivity (Wildman–Crippen MR) is 65.0 cm³/mol. The highest BCUT2D eigenvalue weighted by Crippen LogP contribution is 2.42. The normalized spacial score (nSPS) is 19.3. The zero-order chi connectivity index (χ0) is 11.6. The number of nitrogens with one attached hydrogen (secondary N) is 1. The number of carbonyl (C=O) groups is 1. The van der Waals surface area contributed by atoms with Crippen molar-refractivity contribution in [2.45, 2.75) is 22.7 Å². The van der Waals surface area contributed by atoms with Crippen LogP contribution < -0.4 is 5.32 Å². The SMILES string of the molecule is CNC(CSc1nccs1)(C(=O)O)C1CC1. The van der Waals surface area contributed by atoms with Gasteiger partial charge in [0.15, 0.2) is 0 Å². The van der Waals surface area contributed by atoms with Crippen molar-refractivity contribution in [2.24, 2.45) is 5.92 Å². The van der Waals surface area contributed by atoms with Gasteiger partial charge in [0.2, 0.25) is 0 Å². The highest BCUT2D eigenvalue weighted by molar-refractivity contribution is 8.01. The number of rotatable bonds is 6. The first kappa shape index (κ1) is 11.9. The molecule has 4 nitrogen and oxygen atoms in total. The number of carboxylic acid groups (broad SMARTS) is 1. The second-order valence-electron chi connectivity index (χ2n) is 3.89. The van der Waals surface area contributed by atoms with Crippen LogP contribution in [0.15, 0.2) is 15.9 Å². The summed E-state index contributed by atoms with van der Waals surface area (Å²) in [5, 5.41) is 14.3. The molecule has 1 heterocycles. The number of carboxylic acids is 1. The largest absolute Gasteiger partial charge is 0.480 e. The Morgan fingerprint density at radius 1 is 1.81 bits per heavy atom. The molecule has 0 aromatic carbocycles. The molecule has 1 saturated carbocycles. The van der Waals surface area contributed by atoms with E-state index in [9.17, 15) is 9.90 Å². The van der Waals surface area contributed by atoms with Gasteiger partial charge in [0.1, 0.15) is 9.88 Å². The lowest BCUT2D eigenvalue weighted by Gasteiger charge is -2.28. The maximum atomic E-state index is 11.4. The fraction of sp³-hybridized carbons (Fsp3) is 0.600. The molecule has 0 saturated heterocycles. The van der Waals surface area contributed by atoms with E-state index in [1.807, 2.05) is 5.38 Å². The minimum absolute atomic E-state index is 0.266. The van der Waals surface area contributed by atoms with E-state index in [4.69, 9.17) is 0 Å². The van der Waals surface area contributed by atoms with Crippen molar-refractivity contribution in [3.63, 3.8) is 0 Å². The van der Waals surface area contributed by atoms with E-state index >= 15 is 0 Å². The minimum Gasteiger partial charge on any atom is -0.480 e. The molecular weight excluding hydrogens is 244 g/mol. The van der Waals surface area contributed by atoms with E-state index in [2.05, 4.69) is 10.3 Å².